The molecule has 0 saturated heterocycles. The number of methoxy groups -OCH3 is 1. The van der Waals surface area contributed by atoms with Crippen molar-refractivity contribution in [3.8, 4) is 11.6 Å². The zero-order valence-electron chi connectivity index (χ0n) is 18.6. The highest BCUT2D eigenvalue weighted by atomic mass is 32.1. The van der Waals surface area contributed by atoms with Crippen molar-refractivity contribution in [1.82, 2.24) is 9.97 Å². The Balaban J connectivity index is 1.45. The number of hydrogen-bond acceptors (Lipinski definition) is 7. The largest absolute Gasteiger partial charge is 0.496 e. The Morgan fingerprint density at radius 3 is 2.59 bits per heavy atom. The molecule has 4 rings (SSSR count). The topological polar surface area (TPSA) is 102 Å². The highest BCUT2D eigenvalue weighted by molar-refractivity contribution is 7.15. The van der Waals surface area contributed by atoms with Gasteiger partial charge in [0.05, 0.1) is 23.2 Å². The highest BCUT2D eigenvalue weighted by Gasteiger charge is 2.19. The minimum atomic E-state index is -0.510. The molecule has 2 aromatic heterocycles. The van der Waals surface area contributed by atoms with Crippen LogP contribution in [-0.2, 0) is 6.61 Å². The van der Waals surface area contributed by atoms with Gasteiger partial charge >= 0.3 is 6.03 Å². The van der Waals surface area contributed by atoms with Crippen LogP contribution in [0.5, 0.6) is 11.6 Å². The number of hydrogen-bond donors (Lipinski definition) is 2. The number of aromatic nitrogens is 2. The van der Waals surface area contributed by atoms with Crippen molar-refractivity contribution in [3.63, 3.8) is 0 Å². The average Bonchev–Trinajstić information content (AvgIpc) is 3.31. The number of urea groups is 1. The predicted molar refractivity (Wildman–Crippen MR) is 131 cm³/mol. The van der Waals surface area contributed by atoms with Crippen LogP contribution in [0, 0.1) is 6.92 Å². The molecule has 0 aliphatic heterocycles. The highest BCUT2D eigenvalue weighted by Crippen LogP contribution is 2.27. The van der Waals surface area contributed by atoms with Gasteiger partial charge in [-0.25, -0.2) is 14.8 Å². The summed E-state index contributed by atoms with van der Waals surface area (Å²) in [6.45, 7) is 2.17. The van der Waals surface area contributed by atoms with Crippen molar-refractivity contribution in [1.29, 1.82) is 0 Å². The molecule has 34 heavy (non-hydrogen) atoms. The van der Waals surface area contributed by atoms with E-state index in [1.54, 1.807) is 54.9 Å². The Kier molecular flexibility index (Phi) is 7.14. The van der Waals surface area contributed by atoms with Gasteiger partial charge in [0.25, 0.3) is 0 Å². The zero-order chi connectivity index (χ0) is 23.9. The van der Waals surface area contributed by atoms with Crippen LogP contribution >= 0.6 is 11.3 Å². The molecule has 2 aromatic carbocycles. The first kappa shape index (κ1) is 22.9. The van der Waals surface area contributed by atoms with Crippen LogP contribution in [0.2, 0.25) is 0 Å². The standard InChI is InChI=1S/C25H22N4O4S/c1-16-10-11-20(19(13-16)23(30)18-7-3-4-8-21(18)32-2)28-24(31)29-25-27-14-17(34-25)15-33-22-9-5-6-12-26-22/h3-14H,15H2,1-2H3,(H2,27,28,29,31). The molecule has 0 fully saturated rings. The quantitative estimate of drug-likeness (QED) is 0.336. The van der Waals surface area contributed by atoms with Crippen LogP contribution in [0.3, 0.4) is 0 Å². The molecule has 0 saturated carbocycles. The molecule has 8 nitrogen and oxygen atoms in total. The van der Waals surface area contributed by atoms with E-state index in [1.165, 1.54) is 18.4 Å². The van der Waals surface area contributed by atoms with Crippen molar-refractivity contribution >= 4 is 34.0 Å². The number of thiazole rings is 1. The lowest BCUT2D eigenvalue weighted by Gasteiger charge is -2.13. The maximum absolute atomic E-state index is 13.3. The summed E-state index contributed by atoms with van der Waals surface area (Å²) in [5.41, 5.74) is 2.05. The summed E-state index contributed by atoms with van der Waals surface area (Å²) in [5.74, 6) is 0.724. The van der Waals surface area contributed by atoms with Gasteiger partial charge in [0.1, 0.15) is 12.4 Å². The normalized spacial score (nSPS) is 10.4. The Morgan fingerprint density at radius 2 is 1.79 bits per heavy atom. The molecule has 2 heterocycles. The van der Waals surface area contributed by atoms with Gasteiger partial charge in [-0.05, 0) is 37.3 Å². The maximum Gasteiger partial charge on any atom is 0.325 e. The van der Waals surface area contributed by atoms with E-state index in [0.717, 1.165) is 10.4 Å². The number of nitrogens with zero attached hydrogens (tertiary/aromatic N) is 2. The molecule has 4 aromatic rings. The number of carbonyl (C=O) groups is 2. The lowest BCUT2D eigenvalue weighted by atomic mass is 9.99. The molecular formula is C25H22N4O4S. The minimum absolute atomic E-state index is 0.250. The van der Waals surface area contributed by atoms with Crippen molar-refractivity contribution in [3.05, 3.63) is 94.6 Å². The first-order valence-electron chi connectivity index (χ1n) is 10.4. The Bertz CT molecular complexity index is 1310. The van der Waals surface area contributed by atoms with Crippen LogP contribution in [-0.4, -0.2) is 28.9 Å². The Hall–Kier alpha value is -4.24. The number of ether oxygens (including phenoxy) is 2. The SMILES string of the molecule is COc1ccccc1C(=O)c1cc(C)ccc1NC(=O)Nc1ncc(COc2ccccn2)s1. The third kappa shape index (κ3) is 5.57. The second-order valence-corrected chi connectivity index (χ2v) is 8.36. The molecule has 0 aliphatic rings. The lowest BCUT2D eigenvalue weighted by molar-refractivity contribution is 0.103. The molecule has 0 bridgehead atoms. The number of rotatable bonds is 8. The van der Waals surface area contributed by atoms with Crippen LogP contribution < -0.4 is 20.1 Å². The molecule has 0 spiro atoms. The number of amides is 2. The van der Waals surface area contributed by atoms with E-state index in [-0.39, 0.29) is 12.4 Å². The molecule has 9 heteroatoms. The van der Waals surface area contributed by atoms with Gasteiger partial charge in [-0.15, -0.1) is 0 Å². The summed E-state index contributed by atoms with van der Waals surface area (Å²) in [5, 5.41) is 5.86. The number of anilines is 2. The van der Waals surface area contributed by atoms with Crippen molar-refractivity contribution in [2.45, 2.75) is 13.5 Å². The molecule has 0 radical (unpaired) electrons. The Labute approximate surface area is 200 Å². The van der Waals surface area contributed by atoms with Gasteiger partial charge in [-0.1, -0.05) is 41.2 Å². The van der Waals surface area contributed by atoms with Gasteiger partial charge in [0, 0.05) is 24.0 Å². The lowest BCUT2D eigenvalue weighted by Crippen LogP contribution is -2.21. The summed E-state index contributed by atoms with van der Waals surface area (Å²) < 4.78 is 10.9. The third-order valence-corrected chi connectivity index (χ3v) is 5.68. The zero-order valence-corrected chi connectivity index (χ0v) is 19.4. The molecule has 0 atom stereocenters. The number of pyridine rings is 1. The second kappa shape index (κ2) is 10.6. The minimum Gasteiger partial charge on any atom is -0.496 e. The van der Waals surface area contributed by atoms with Gasteiger partial charge in [-0.2, -0.15) is 0 Å². The Morgan fingerprint density at radius 1 is 0.971 bits per heavy atom. The summed E-state index contributed by atoms with van der Waals surface area (Å²) in [6, 6.07) is 17.1. The first-order valence-corrected chi connectivity index (χ1v) is 11.2. The summed E-state index contributed by atoms with van der Waals surface area (Å²) in [6.07, 6.45) is 3.28. The van der Waals surface area contributed by atoms with E-state index in [0.29, 0.717) is 33.6 Å². The molecule has 172 valence electrons. The first-order chi connectivity index (χ1) is 16.5. The number of para-hydroxylation sites is 1. The summed E-state index contributed by atoms with van der Waals surface area (Å²) in [7, 11) is 1.51. The van der Waals surface area contributed by atoms with Crippen LogP contribution in [0.25, 0.3) is 0 Å². The number of ketones is 1. The molecular weight excluding hydrogens is 452 g/mol. The second-order valence-electron chi connectivity index (χ2n) is 7.25. The van der Waals surface area contributed by atoms with E-state index < -0.39 is 6.03 Å². The van der Waals surface area contributed by atoms with Crippen molar-refractivity contribution < 1.29 is 19.1 Å². The fourth-order valence-corrected chi connectivity index (χ4v) is 3.91. The van der Waals surface area contributed by atoms with E-state index in [4.69, 9.17) is 9.47 Å². The van der Waals surface area contributed by atoms with Crippen LogP contribution in [0.1, 0.15) is 26.4 Å². The van der Waals surface area contributed by atoms with Gasteiger partial charge in [-0.3, -0.25) is 10.1 Å². The summed E-state index contributed by atoms with van der Waals surface area (Å²) in [4.78, 5) is 35.0. The van der Waals surface area contributed by atoms with Crippen LogP contribution in [0.15, 0.2) is 73.1 Å². The number of nitrogens with one attached hydrogen (secondary N) is 2. The fraction of sp³-hybridized carbons (Fsp3) is 0.120. The molecule has 0 aliphatic carbocycles. The fourth-order valence-electron chi connectivity index (χ4n) is 3.19. The summed E-state index contributed by atoms with van der Waals surface area (Å²) >= 11 is 1.29. The van der Waals surface area contributed by atoms with Crippen LogP contribution in [0.4, 0.5) is 15.6 Å². The number of aryl methyl sites for hydroxylation is 1. The third-order valence-electron chi connectivity index (χ3n) is 4.79. The number of carbonyl (C=O) groups excluding carboxylic acids is 2. The average molecular weight is 475 g/mol. The monoisotopic (exact) mass is 474 g/mol. The van der Waals surface area contributed by atoms with Gasteiger partial charge in [0.2, 0.25) is 5.88 Å². The molecule has 2 amide bonds. The molecule has 2 N–H and O–H groups in total. The molecule has 0 unspecified atom stereocenters. The van der Waals surface area contributed by atoms with E-state index in [2.05, 4.69) is 20.6 Å². The smallest absolute Gasteiger partial charge is 0.325 e. The van der Waals surface area contributed by atoms with Gasteiger partial charge in [0.15, 0.2) is 10.9 Å². The van der Waals surface area contributed by atoms with Gasteiger partial charge < -0.3 is 14.8 Å². The van der Waals surface area contributed by atoms with Crippen molar-refractivity contribution in [2.24, 2.45) is 0 Å². The van der Waals surface area contributed by atoms with E-state index in [9.17, 15) is 9.59 Å². The van der Waals surface area contributed by atoms with Crippen molar-refractivity contribution in [2.75, 3.05) is 17.7 Å². The predicted octanol–water partition coefficient (Wildman–Crippen LogP) is 5.31. The number of benzene rings is 2. The van der Waals surface area contributed by atoms with E-state index in [1.807, 2.05) is 25.1 Å². The van der Waals surface area contributed by atoms with E-state index >= 15 is 0 Å². The maximum atomic E-state index is 13.3.